The Balaban J connectivity index is 2.59. The van der Waals surface area contributed by atoms with Gasteiger partial charge in [-0.25, -0.2) is 4.79 Å². The molecule has 1 amide bonds. The molecule has 0 N–H and O–H groups in total. The number of ether oxygens (including phenoxy) is 1. The van der Waals surface area contributed by atoms with E-state index in [1.54, 1.807) is 20.8 Å². The van der Waals surface area contributed by atoms with E-state index in [0.29, 0.717) is 0 Å². The number of carbonyl (C=O) groups excluding carboxylic acids is 1. The zero-order valence-corrected chi connectivity index (χ0v) is 10.5. The fourth-order valence-corrected chi connectivity index (χ4v) is 1.74. The van der Waals surface area contributed by atoms with Crippen molar-refractivity contribution in [2.75, 3.05) is 13.1 Å². The summed E-state index contributed by atoms with van der Waals surface area (Å²) in [6, 6.07) is 0. The Morgan fingerprint density at radius 3 is 2.06 bits per heavy atom. The normalized spacial score (nSPS) is 19.8. The van der Waals surface area contributed by atoms with Crippen molar-refractivity contribution in [2.45, 2.75) is 45.9 Å². The Bertz CT molecular complexity index is 301. The minimum absolute atomic E-state index is 0.0181. The van der Waals surface area contributed by atoms with Crippen LogP contribution in [-0.4, -0.2) is 35.9 Å². The van der Waals surface area contributed by atoms with Gasteiger partial charge in [0.15, 0.2) is 0 Å². The van der Waals surface area contributed by atoms with Crippen molar-refractivity contribution in [3.8, 4) is 0 Å². The molecule has 17 heavy (non-hydrogen) atoms. The van der Waals surface area contributed by atoms with Crippen molar-refractivity contribution < 1.29 is 22.7 Å². The number of halogens is 3. The Labute approximate surface area is 98.9 Å². The molecule has 0 aliphatic carbocycles. The Hall–Kier alpha value is -0.940. The van der Waals surface area contributed by atoms with Crippen LogP contribution in [0.1, 0.15) is 34.1 Å². The molecule has 0 radical (unpaired) electrons. The van der Waals surface area contributed by atoms with Crippen molar-refractivity contribution in [2.24, 2.45) is 5.41 Å². The summed E-state index contributed by atoms with van der Waals surface area (Å²) in [6.07, 6.45) is -4.96. The fraction of sp³-hybridized carbons (Fsp3) is 0.909. The lowest BCUT2D eigenvalue weighted by Crippen LogP contribution is -2.65. The maximum Gasteiger partial charge on any atom is 0.410 e. The fourth-order valence-electron chi connectivity index (χ4n) is 1.74. The van der Waals surface area contributed by atoms with Crippen LogP contribution in [0.15, 0.2) is 0 Å². The quantitative estimate of drug-likeness (QED) is 0.718. The minimum atomic E-state index is -4.26. The number of alkyl halides is 3. The van der Waals surface area contributed by atoms with E-state index in [-0.39, 0.29) is 19.5 Å². The molecule has 0 spiro atoms. The Morgan fingerprint density at radius 2 is 1.76 bits per heavy atom. The van der Waals surface area contributed by atoms with Gasteiger partial charge in [-0.15, -0.1) is 0 Å². The molecule has 1 aliphatic rings. The first-order valence-electron chi connectivity index (χ1n) is 5.55. The molecule has 1 heterocycles. The number of carbonyl (C=O) groups is 1. The molecule has 0 unspecified atom stereocenters. The molecule has 1 fully saturated rings. The maximum atomic E-state index is 12.8. The van der Waals surface area contributed by atoms with Crippen molar-refractivity contribution in [1.82, 2.24) is 4.90 Å². The zero-order valence-electron chi connectivity index (χ0n) is 10.5. The number of nitrogens with zero attached hydrogens (tertiary/aromatic N) is 1. The molecule has 0 atom stereocenters. The highest BCUT2D eigenvalue weighted by Gasteiger charge is 2.61. The summed E-state index contributed by atoms with van der Waals surface area (Å²) in [6.45, 7) is 5.92. The van der Waals surface area contributed by atoms with Crippen LogP contribution in [0.3, 0.4) is 0 Å². The van der Waals surface area contributed by atoms with Crippen LogP contribution in [0.4, 0.5) is 18.0 Å². The van der Waals surface area contributed by atoms with Crippen LogP contribution < -0.4 is 0 Å². The Kier molecular flexibility index (Phi) is 3.38. The lowest BCUT2D eigenvalue weighted by atomic mass is 9.77. The first-order chi connectivity index (χ1) is 7.51. The van der Waals surface area contributed by atoms with Crippen LogP contribution in [0.5, 0.6) is 0 Å². The van der Waals surface area contributed by atoms with E-state index in [2.05, 4.69) is 0 Å². The highest BCUT2D eigenvalue weighted by atomic mass is 19.4. The standard InChI is InChI=1S/C11H18F3NO2/c1-5-10(11(12,13)14)6-15(7-10)8(16)17-9(2,3)4/h5-7H2,1-4H3. The van der Waals surface area contributed by atoms with Gasteiger partial charge in [-0.05, 0) is 27.2 Å². The largest absolute Gasteiger partial charge is 0.444 e. The molecule has 6 heteroatoms. The predicted octanol–water partition coefficient (Wildman–Crippen LogP) is 3.20. The molecule has 0 bridgehead atoms. The summed E-state index contributed by atoms with van der Waals surface area (Å²) < 4.78 is 43.3. The van der Waals surface area contributed by atoms with Gasteiger partial charge in [-0.3, -0.25) is 0 Å². The average Bonchev–Trinajstić information content (AvgIpc) is 1.95. The Morgan fingerprint density at radius 1 is 1.29 bits per heavy atom. The zero-order chi connectivity index (χ0) is 13.5. The van der Waals surface area contributed by atoms with Crippen LogP contribution >= 0.6 is 0 Å². The predicted molar refractivity (Wildman–Crippen MR) is 56.6 cm³/mol. The number of rotatable bonds is 1. The third-order valence-corrected chi connectivity index (χ3v) is 2.92. The first-order valence-corrected chi connectivity index (χ1v) is 5.55. The van der Waals surface area contributed by atoms with Gasteiger partial charge in [-0.2, -0.15) is 13.2 Å². The smallest absolute Gasteiger partial charge is 0.410 e. The molecule has 0 aromatic heterocycles. The summed E-state index contributed by atoms with van der Waals surface area (Å²) in [7, 11) is 0. The summed E-state index contributed by atoms with van der Waals surface area (Å²) in [4.78, 5) is 12.6. The lowest BCUT2D eigenvalue weighted by Gasteiger charge is -2.50. The second kappa shape index (κ2) is 4.07. The highest BCUT2D eigenvalue weighted by Crippen LogP contribution is 2.48. The first kappa shape index (κ1) is 14.1. The minimum Gasteiger partial charge on any atom is -0.444 e. The summed E-state index contributed by atoms with van der Waals surface area (Å²) in [5.41, 5.74) is -2.43. The van der Waals surface area contributed by atoms with Gasteiger partial charge >= 0.3 is 12.3 Å². The third kappa shape index (κ3) is 2.84. The van der Waals surface area contributed by atoms with Crippen molar-refractivity contribution >= 4 is 6.09 Å². The van der Waals surface area contributed by atoms with Crippen molar-refractivity contribution in [1.29, 1.82) is 0 Å². The summed E-state index contributed by atoms with van der Waals surface area (Å²) in [5.74, 6) is 0. The van der Waals surface area contributed by atoms with Crippen LogP contribution in [0.2, 0.25) is 0 Å². The van der Waals surface area contributed by atoms with E-state index in [4.69, 9.17) is 4.74 Å². The molecule has 1 rings (SSSR count). The van der Waals surface area contributed by atoms with E-state index < -0.39 is 23.3 Å². The molecule has 0 aromatic carbocycles. The van der Waals surface area contributed by atoms with Crippen LogP contribution in [-0.2, 0) is 4.74 Å². The number of amides is 1. The lowest BCUT2D eigenvalue weighted by molar-refractivity contribution is -0.263. The number of hydrogen-bond donors (Lipinski definition) is 0. The topological polar surface area (TPSA) is 29.5 Å². The molecule has 0 aromatic rings. The second-order valence-corrected chi connectivity index (χ2v) is 5.47. The average molecular weight is 253 g/mol. The van der Waals surface area contributed by atoms with Gasteiger partial charge in [0.1, 0.15) is 11.0 Å². The SMILES string of the molecule is CCC1(C(F)(F)F)CN(C(=O)OC(C)(C)C)C1. The molecule has 1 aliphatic heterocycles. The number of likely N-dealkylation sites (tertiary alicyclic amines) is 1. The van der Waals surface area contributed by atoms with Crippen molar-refractivity contribution in [3.05, 3.63) is 0 Å². The van der Waals surface area contributed by atoms with Crippen LogP contribution in [0, 0.1) is 5.41 Å². The van der Waals surface area contributed by atoms with Gasteiger partial charge in [-0.1, -0.05) is 6.92 Å². The third-order valence-electron chi connectivity index (χ3n) is 2.92. The van der Waals surface area contributed by atoms with Gasteiger partial charge in [0.2, 0.25) is 0 Å². The van der Waals surface area contributed by atoms with E-state index in [1.807, 2.05) is 0 Å². The molecule has 0 saturated carbocycles. The molecule has 100 valence electrons. The molecular weight excluding hydrogens is 235 g/mol. The van der Waals surface area contributed by atoms with Gasteiger partial charge in [0.05, 0.1) is 0 Å². The van der Waals surface area contributed by atoms with E-state index >= 15 is 0 Å². The summed E-state index contributed by atoms with van der Waals surface area (Å²) >= 11 is 0. The molecule has 3 nitrogen and oxygen atoms in total. The van der Waals surface area contributed by atoms with E-state index in [9.17, 15) is 18.0 Å². The molecular formula is C11H18F3NO2. The van der Waals surface area contributed by atoms with Crippen molar-refractivity contribution in [3.63, 3.8) is 0 Å². The monoisotopic (exact) mass is 253 g/mol. The number of hydrogen-bond acceptors (Lipinski definition) is 2. The van der Waals surface area contributed by atoms with Gasteiger partial charge in [0.25, 0.3) is 0 Å². The second-order valence-electron chi connectivity index (χ2n) is 5.47. The van der Waals surface area contributed by atoms with Gasteiger partial charge < -0.3 is 9.64 Å². The molecule has 1 saturated heterocycles. The highest BCUT2D eigenvalue weighted by molar-refractivity contribution is 5.69. The van der Waals surface area contributed by atoms with E-state index in [0.717, 1.165) is 4.90 Å². The summed E-state index contributed by atoms with van der Waals surface area (Å²) in [5, 5.41) is 0. The van der Waals surface area contributed by atoms with E-state index in [1.165, 1.54) is 6.92 Å². The maximum absolute atomic E-state index is 12.8. The van der Waals surface area contributed by atoms with Gasteiger partial charge in [0, 0.05) is 13.1 Å². The van der Waals surface area contributed by atoms with Crippen LogP contribution in [0.25, 0.3) is 0 Å².